The fourth-order valence-electron chi connectivity index (χ4n) is 1.02. The number of aliphatic hydroxyl groups is 1. The summed E-state index contributed by atoms with van der Waals surface area (Å²) in [7, 11) is 0. The van der Waals surface area contributed by atoms with Gasteiger partial charge in [0.05, 0.1) is 0 Å². The highest BCUT2D eigenvalue weighted by atomic mass is 16.3. The zero-order chi connectivity index (χ0) is 9.07. The lowest BCUT2D eigenvalue weighted by molar-refractivity contribution is -0.146. The van der Waals surface area contributed by atoms with Crippen molar-refractivity contribution in [3.8, 4) is 0 Å². The first-order chi connectivity index (χ1) is 5.07. The number of carbonyl (C=O) groups is 1. The van der Waals surface area contributed by atoms with Crippen LogP contribution >= 0.6 is 0 Å². The van der Waals surface area contributed by atoms with E-state index in [1.165, 1.54) is 6.92 Å². The average Bonchev–Trinajstić information content (AvgIpc) is 2.03. The Morgan fingerprint density at radius 3 is 2.09 bits per heavy atom. The Hall–Kier alpha value is -0.410. The number of Topliss-reactive ketones (excluding diaryl/α,β-unsaturated/α-hetero) is 1. The van der Waals surface area contributed by atoms with Crippen LogP contribution in [0.25, 0.3) is 0 Å². The summed E-state index contributed by atoms with van der Waals surface area (Å²) >= 11 is 0. The van der Waals surface area contributed by atoms with Gasteiger partial charge in [0.2, 0.25) is 0 Å². The van der Waals surface area contributed by atoms with Crippen LogP contribution in [-0.2, 0) is 4.79 Å². The molecule has 0 spiro atoms. The second-order valence-electron chi connectivity index (χ2n) is 2.63. The van der Waals surface area contributed by atoms with Gasteiger partial charge in [-0.05, 0) is 19.8 Å². The average molecular weight is 159 g/mol. The lowest BCUT2D eigenvalue weighted by atomic mass is 9.73. The first-order valence-electron chi connectivity index (χ1n) is 4.06. The zero-order valence-corrected chi connectivity index (χ0v) is 7.42. The molecule has 1 aliphatic rings. The van der Waals surface area contributed by atoms with Crippen LogP contribution in [0.2, 0.25) is 0 Å². The van der Waals surface area contributed by atoms with Crippen LogP contribution in [0.5, 0.6) is 0 Å². The number of ketones is 1. The van der Waals surface area contributed by atoms with Gasteiger partial charge < -0.3 is 10.8 Å². The molecular weight excluding hydrogens is 142 g/mol. The topological polar surface area (TPSA) is 63.3 Å². The molecule has 1 rings (SSSR count). The van der Waals surface area contributed by atoms with Crippen molar-refractivity contribution < 1.29 is 9.90 Å². The largest absolute Gasteiger partial charge is 0.380 e. The van der Waals surface area contributed by atoms with Crippen molar-refractivity contribution >= 4 is 5.78 Å². The monoisotopic (exact) mass is 159 g/mol. The minimum Gasteiger partial charge on any atom is -0.380 e. The van der Waals surface area contributed by atoms with Gasteiger partial charge >= 0.3 is 0 Å². The number of hydrogen-bond acceptors (Lipinski definition) is 3. The molecule has 0 radical (unpaired) electrons. The van der Waals surface area contributed by atoms with Gasteiger partial charge in [0.15, 0.2) is 5.78 Å². The normalized spacial score (nSPS) is 34.8. The first-order valence-corrected chi connectivity index (χ1v) is 4.06. The minimum atomic E-state index is -1.18. The molecule has 0 aromatic carbocycles. The predicted molar refractivity (Wildman–Crippen MR) is 44.2 cm³/mol. The van der Waals surface area contributed by atoms with Gasteiger partial charge in [-0.2, -0.15) is 0 Å². The molecule has 3 nitrogen and oxygen atoms in total. The Labute approximate surface area is 67.6 Å². The van der Waals surface area contributed by atoms with Gasteiger partial charge in [-0.15, -0.1) is 0 Å². The van der Waals surface area contributed by atoms with Crippen LogP contribution in [-0.4, -0.2) is 22.5 Å². The summed E-state index contributed by atoms with van der Waals surface area (Å²) in [4.78, 5) is 10.6. The summed E-state index contributed by atoms with van der Waals surface area (Å²) in [6.45, 7) is 5.37. The third-order valence-electron chi connectivity index (χ3n) is 2.06. The summed E-state index contributed by atoms with van der Waals surface area (Å²) in [5.41, 5.74) is 4.21. The number of nitrogens with two attached hydrogens (primary N) is 1. The number of carbonyl (C=O) groups excluding carboxylic acids is 1. The molecule has 0 heterocycles. The van der Waals surface area contributed by atoms with Crippen LogP contribution in [0.1, 0.15) is 33.6 Å². The Morgan fingerprint density at radius 2 is 2.09 bits per heavy atom. The van der Waals surface area contributed by atoms with E-state index in [0.29, 0.717) is 6.42 Å². The highest BCUT2D eigenvalue weighted by Crippen LogP contribution is 2.30. The van der Waals surface area contributed by atoms with Crippen LogP contribution < -0.4 is 5.73 Å². The summed E-state index contributed by atoms with van der Waals surface area (Å²) in [5, 5.41) is 9.28. The summed E-state index contributed by atoms with van der Waals surface area (Å²) in [6, 6.07) is -0.324. The van der Waals surface area contributed by atoms with Crippen LogP contribution in [0.4, 0.5) is 0 Å². The van der Waals surface area contributed by atoms with Crippen LogP contribution in [0.15, 0.2) is 0 Å². The Morgan fingerprint density at radius 1 is 1.64 bits per heavy atom. The van der Waals surface area contributed by atoms with Gasteiger partial charge in [0, 0.05) is 6.04 Å². The highest BCUT2D eigenvalue weighted by molar-refractivity contribution is 5.86. The van der Waals surface area contributed by atoms with E-state index in [0.717, 1.165) is 6.42 Å². The summed E-state index contributed by atoms with van der Waals surface area (Å²) in [5.74, 6) is -0.207. The maximum atomic E-state index is 10.6. The van der Waals surface area contributed by atoms with E-state index < -0.39 is 5.60 Å². The van der Waals surface area contributed by atoms with E-state index >= 15 is 0 Å². The molecule has 0 amide bonds. The van der Waals surface area contributed by atoms with Crippen molar-refractivity contribution in [3.63, 3.8) is 0 Å². The minimum absolute atomic E-state index is 0.207. The van der Waals surface area contributed by atoms with Gasteiger partial charge in [-0.1, -0.05) is 13.8 Å². The van der Waals surface area contributed by atoms with Gasteiger partial charge in [0.25, 0.3) is 0 Å². The molecule has 0 aliphatic heterocycles. The number of rotatable bonds is 1. The molecule has 2 unspecified atom stereocenters. The van der Waals surface area contributed by atoms with E-state index in [9.17, 15) is 9.90 Å². The predicted octanol–water partition coefficient (Wildman–Crippen LogP) is 0.454. The van der Waals surface area contributed by atoms with Gasteiger partial charge in [-0.3, -0.25) is 4.79 Å². The maximum absolute atomic E-state index is 10.6. The summed E-state index contributed by atoms with van der Waals surface area (Å²) < 4.78 is 0. The molecule has 11 heavy (non-hydrogen) atoms. The standard InChI is InChI=1S/C6H11NO2.C2H6/c1-4(8)6(9)3-2-5(6)7;1-2/h5,9H,2-3,7H2,1H3;1-2H3. The number of hydrogen-bond donors (Lipinski definition) is 2. The Bertz CT molecular complexity index is 147. The SMILES string of the molecule is CC.CC(=O)C1(O)CCC1N. The molecule has 3 N–H and O–H groups in total. The molecule has 66 valence electrons. The lowest BCUT2D eigenvalue weighted by Gasteiger charge is -2.40. The fraction of sp³-hybridized carbons (Fsp3) is 0.875. The van der Waals surface area contributed by atoms with Crippen molar-refractivity contribution in [2.24, 2.45) is 5.73 Å². The molecule has 0 aromatic heterocycles. The molecular formula is C8H17NO2. The van der Waals surface area contributed by atoms with Crippen LogP contribution in [0, 0.1) is 0 Å². The van der Waals surface area contributed by atoms with Gasteiger partial charge in [-0.25, -0.2) is 0 Å². The quantitative estimate of drug-likeness (QED) is 0.584. The fourth-order valence-corrected chi connectivity index (χ4v) is 1.02. The second kappa shape index (κ2) is 3.83. The van der Waals surface area contributed by atoms with Crippen molar-refractivity contribution in [2.75, 3.05) is 0 Å². The Kier molecular flexibility index (Phi) is 3.69. The van der Waals surface area contributed by atoms with Gasteiger partial charge in [0.1, 0.15) is 5.60 Å². The molecule has 0 bridgehead atoms. The molecule has 3 heteroatoms. The Balaban J connectivity index is 0.000000461. The molecule has 1 fully saturated rings. The lowest BCUT2D eigenvalue weighted by Crippen LogP contribution is -2.60. The highest BCUT2D eigenvalue weighted by Gasteiger charge is 2.46. The van der Waals surface area contributed by atoms with E-state index in [-0.39, 0.29) is 11.8 Å². The van der Waals surface area contributed by atoms with Crippen molar-refractivity contribution in [1.29, 1.82) is 0 Å². The van der Waals surface area contributed by atoms with Crippen LogP contribution in [0.3, 0.4) is 0 Å². The second-order valence-corrected chi connectivity index (χ2v) is 2.63. The maximum Gasteiger partial charge on any atom is 0.162 e. The van der Waals surface area contributed by atoms with Crippen molar-refractivity contribution in [3.05, 3.63) is 0 Å². The zero-order valence-electron chi connectivity index (χ0n) is 7.42. The molecule has 2 atom stereocenters. The van der Waals surface area contributed by atoms with E-state index in [2.05, 4.69) is 0 Å². The van der Waals surface area contributed by atoms with Crippen molar-refractivity contribution in [2.45, 2.75) is 45.3 Å². The molecule has 0 aromatic rings. The van der Waals surface area contributed by atoms with Crippen molar-refractivity contribution in [1.82, 2.24) is 0 Å². The molecule has 0 saturated heterocycles. The summed E-state index contributed by atoms with van der Waals surface area (Å²) in [6.07, 6.45) is 1.29. The molecule has 1 aliphatic carbocycles. The third kappa shape index (κ3) is 1.79. The van der Waals surface area contributed by atoms with E-state index in [4.69, 9.17) is 5.73 Å². The van der Waals surface area contributed by atoms with E-state index in [1.807, 2.05) is 13.8 Å². The first kappa shape index (κ1) is 10.6. The van der Waals surface area contributed by atoms with E-state index in [1.54, 1.807) is 0 Å². The third-order valence-corrected chi connectivity index (χ3v) is 2.06. The smallest absolute Gasteiger partial charge is 0.162 e. The molecule has 1 saturated carbocycles.